The van der Waals surface area contributed by atoms with Crippen LogP contribution in [0.15, 0.2) is 29.3 Å². The van der Waals surface area contributed by atoms with Crippen molar-refractivity contribution in [2.24, 2.45) is 4.99 Å². The van der Waals surface area contributed by atoms with Crippen molar-refractivity contribution >= 4 is 35.8 Å². The normalized spacial score (nSPS) is 20.4. The lowest BCUT2D eigenvalue weighted by atomic mass is 10.1. The van der Waals surface area contributed by atoms with Gasteiger partial charge in [-0.15, -0.1) is 24.0 Å². The number of benzene rings is 1. The molecule has 2 fully saturated rings. The number of aliphatic imine (C=N–C) groups is 1. The highest BCUT2D eigenvalue weighted by Crippen LogP contribution is 2.26. The van der Waals surface area contributed by atoms with Gasteiger partial charge in [0.2, 0.25) is 0 Å². The van der Waals surface area contributed by atoms with E-state index in [2.05, 4.69) is 22.5 Å². The van der Waals surface area contributed by atoms with Crippen molar-refractivity contribution in [1.29, 1.82) is 0 Å². The summed E-state index contributed by atoms with van der Waals surface area (Å²) in [5, 5.41) is 6.99. The van der Waals surface area contributed by atoms with Gasteiger partial charge in [0, 0.05) is 51.4 Å². The molecule has 1 saturated carbocycles. The van der Waals surface area contributed by atoms with Crippen LogP contribution in [0.25, 0.3) is 0 Å². The molecule has 7 heteroatoms. The molecule has 0 aromatic heterocycles. The maximum atomic E-state index is 12.0. The third-order valence-corrected chi connectivity index (χ3v) is 5.77. The number of amides is 1. The molecule has 1 heterocycles. The molecule has 1 aliphatic heterocycles. The number of halogens is 1. The van der Waals surface area contributed by atoms with E-state index in [1.165, 1.54) is 38.6 Å². The SMILES string of the molecule is CCNC(=NCc1ccc(C(=O)N(C)C)cc1)NC1CCN(C2CCCC2)C1.I. The standard InChI is InChI=1S/C22H35N5O.HI/c1-4-23-22(25-19-13-14-27(16-19)20-7-5-6-8-20)24-15-17-9-11-18(12-10-17)21(28)26(2)3;/h9-12,19-20H,4-8,13-16H2,1-3H3,(H2,23,24,25);1H. The Balaban J connectivity index is 0.00000300. The molecule has 1 unspecified atom stereocenters. The average molecular weight is 513 g/mol. The number of rotatable bonds is 6. The van der Waals surface area contributed by atoms with Gasteiger partial charge in [-0.3, -0.25) is 9.69 Å². The van der Waals surface area contributed by atoms with E-state index in [1.807, 2.05) is 24.3 Å². The molecule has 2 N–H and O–H groups in total. The highest BCUT2D eigenvalue weighted by molar-refractivity contribution is 14.0. The van der Waals surface area contributed by atoms with Crippen LogP contribution >= 0.6 is 24.0 Å². The number of hydrogen-bond donors (Lipinski definition) is 2. The third-order valence-electron chi connectivity index (χ3n) is 5.77. The van der Waals surface area contributed by atoms with Crippen LogP contribution in [0.5, 0.6) is 0 Å². The van der Waals surface area contributed by atoms with E-state index in [4.69, 9.17) is 4.99 Å². The molecule has 29 heavy (non-hydrogen) atoms. The van der Waals surface area contributed by atoms with Crippen molar-refractivity contribution in [2.45, 2.75) is 57.7 Å². The molecule has 1 aromatic rings. The second-order valence-corrected chi connectivity index (χ2v) is 8.15. The van der Waals surface area contributed by atoms with Gasteiger partial charge in [-0.25, -0.2) is 4.99 Å². The van der Waals surface area contributed by atoms with Crippen LogP contribution in [0, 0.1) is 0 Å². The topological polar surface area (TPSA) is 60.0 Å². The van der Waals surface area contributed by atoms with E-state index < -0.39 is 0 Å². The quantitative estimate of drug-likeness (QED) is 0.349. The van der Waals surface area contributed by atoms with Crippen molar-refractivity contribution < 1.29 is 4.79 Å². The summed E-state index contributed by atoms with van der Waals surface area (Å²) in [6.07, 6.45) is 6.70. The van der Waals surface area contributed by atoms with Crippen LogP contribution < -0.4 is 10.6 Å². The van der Waals surface area contributed by atoms with Crippen molar-refractivity contribution in [3.8, 4) is 0 Å². The summed E-state index contributed by atoms with van der Waals surface area (Å²) in [5.74, 6) is 0.910. The summed E-state index contributed by atoms with van der Waals surface area (Å²) < 4.78 is 0. The first-order valence-corrected chi connectivity index (χ1v) is 10.7. The Kier molecular flexibility index (Phi) is 9.68. The van der Waals surface area contributed by atoms with Gasteiger partial charge < -0.3 is 15.5 Å². The van der Waals surface area contributed by atoms with Gasteiger partial charge in [0.15, 0.2) is 5.96 Å². The second kappa shape index (κ2) is 11.7. The molecule has 0 bridgehead atoms. The van der Waals surface area contributed by atoms with E-state index in [9.17, 15) is 4.79 Å². The molecule has 1 atom stereocenters. The maximum absolute atomic E-state index is 12.0. The Labute approximate surface area is 192 Å². The summed E-state index contributed by atoms with van der Waals surface area (Å²) in [6.45, 7) is 5.86. The lowest BCUT2D eigenvalue weighted by Crippen LogP contribution is -2.45. The molecule has 162 valence electrons. The average Bonchev–Trinajstić information content (AvgIpc) is 3.38. The zero-order valence-electron chi connectivity index (χ0n) is 18.0. The summed E-state index contributed by atoms with van der Waals surface area (Å²) >= 11 is 0. The van der Waals surface area contributed by atoms with E-state index in [0.29, 0.717) is 18.2 Å². The number of carbonyl (C=O) groups excluding carboxylic acids is 1. The first kappa shape index (κ1) is 23.9. The van der Waals surface area contributed by atoms with Crippen LogP contribution in [0.3, 0.4) is 0 Å². The van der Waals surface area contributed by atoms with Crippen molar-refractivity contribution in [3.63, 3.8) is 0 Å². The Morgan fingerprint density at radius 1 is 1.17 bits per heavy atom. The Hall–Kier alpha value is -1.35. The maximum Gasteiger partial charge on any atom is 0.253 e. The molecule has 1 saturated heterocycles. The lowest BCUT2D eigenvalue weighted by Gasteiger charge is -2.24. The molecular weight excluding hydrogens is 477 g/mol. The van der Waals surface area contributed by atoms with Crippen LogP contribution in [0.1, 0.15) is 54.9 Å². The molecule has 1 aromatic carbocycles. The van der Waals surface area contributed by atoms with Gasteiger partial charge in [-0.1, -0.05) is 25.0 Å². The number of nitrogens with one attached hydrogen (secondary N) is 2. The van der Waals surface area contributed by atoms with E-state index in [-0.39, 0.29) is 29.9 Å². The zero-order valence-corrected chi connectivity index (χ0v) is 20.3. The third kappa shape index (κ3) is 6.84. The minimum absolute atomic E-state index is 0. The summed E-state index contributed by atoms with van der Waals surface area (Å²) in [4.78, 5) is 21.0. The fourth-order valence-electron chi connectivity index (χ4n) is 4.20. The van der Waals surface area contributed by atoms with Crippen LogP contribution in [-0.4, -0.2) is 67.5 Å². The molecule has 6 nitrogen and oxygen atoms in total. The number of nitrogens with zero attached hydrogens (tertiary/aromatic N) is 3. The molecule has 3 rings (SSSR count). The number of guanidine groups is 1. The zero-order chi connectivity index (χ0) is 19.9. The fourth-order valence-corrected chi connectivity index (χ4v) is 4.20. The van der Waals surface area contributed by atoms with E-state index in [0.717, 1.165) is 30.7 Å². The van der Waals surface area contributed by atoms with Crippen LogP contribution in [0.2, 0.25) is 0 Å². The minimum Gasteiger partial charge on any atom is -0.357 e. The van der Waals surface area contributed by atoms with Gasteiger partial charge in [-0.2, -0.15) is 0 Å². The van der Waals surface area contributed by atoms with Gasteiger partial charge in [0.25, 0.3) is 5.91 Å². The number of hydrogen-bond acceptors (Lipinski definition) is 3. The highest BCUT2D eigenvalue weighted by atomic mass is 127. The van der Waals surface area contributed by atoms with Gasteiger partial charge in [-0.05, 0) is 43.9 Å². The molecule has 0 radical (unpaired) electrons. The second-order valence-electron chi connectivity index (χ2n) is 8.15. The van der Waals surface area contributed by atoms with Crippen LogP contribution in [-0.2, 0) is 6.54 Å². The van der Waals surface area contributed by atoms with Crippen molar-refractivity contribution in [1.82, 2.24) is 20.4 Å². The van der Waals surface area contributed by atoms with Crippen molar-refractivity contribution in [3.05, 3.63) is 35.4 Å². The predicted octanol–water partition coefficient (Wildman–Crippen LogP) is 3.08. The molecule has 1 aliphatic carbocycles. The molecule has 1 amide bonds. The van der Waals surface area contributed by atoms with Crippen molar-refractivity contribution in [2.75, 3.05) is 33.7 Å². The first-order chi connectivity index (χ1) is 13.6. The minimum atomic E-state index is 0. The van der Waals surface area contributed by atoms with Gasteiger partial charge >= 0.3 is 0 Å². The number of carbonyl (C=O) groups is 1. The summed E-state index contributed by atoms with van der Waals surface area (Å²) in [6, 6.07) is 9.00. The molecule has 2 aliphatic rings. The Morgan fingerprint density at radius 2 is 1.86 bits per heavy atom. The number of likely N-dealkylation sites (tertiary alicyclic amines) is 1. The largest absolute Gasteiger partial charge is 0.357 e. The monoisotopic (exact) mass is 513 g/mol. The van der Waals surface area contributed by atoms with Gasteiger partial charge in [0.1, 0.15) is 0 Å². The molecule has 0 spiro atoms. The summed E-state index contributed by atoms with van der Waals surface area (Å²) in [5.41, 5.74) is 1.81. The molecular formula is C22H36IN5O. The Morgan fingerprint density at radius 3 is 2.48 bits per heavy atom. The van der Waals surface area contributed by atoms with E-state index in [1.54, 1.807) is 19.0 Å². The smallest absolute Gasteiger partial charge is 0.253 e. The summed E-state index contributed by atoms with van der Waals surface area (Å²) in [7, 11) is 3.54. The Bertz CT molecular complexity index is 670. The van der Waals surface area contributed by atoms with Gasteiger partial charge in [0.05, 0.1) is 6.54 Å². The first-order valence-electron chi connectivity index (χ1n) is 10.7. The predicted molar refractivity (Wildman–Crippen MR) is 130 cm³/mol. The fraction of sp³-hybridized carbons (Fsp3) is 0.636. The lowest BCUT2D eigenvalue weighted by molar-refractivity contribution is 0.0827. The van der Waals surface area contributed by atoms with Crippen LogP contribution in [0.4, 0.5) is 0 Å². The van der Waals surface area contributed by atoms with E-state index >= 15 is 0 Å². The highest BCUT2D eigenvalue weighted by Gasteiger charge is 2.30.